The van der Waals surface area contributed by atoms with Crippen molar-refractivity contribution in [3.8, 4) is 5.75 Å². The van der Waals surface area contributed by atoms with Crippen LogP contribution in [-0.4, -0.2) is 22.2 Å². The number of hydrogen-bond donors (Lipinski definition) is 1. The van der Waals surface area contributed by atoms with E-state index in [0.29, 0.717) is 40.3 Å². The highest BCUT2D eigenvalue weighted by atomic mass is 35.5. The van der Waals surface area contributed by atoms with Crippen LogP contribution in [0.3, 0.4) is 0 Å². The van der Waals surface area contributed by atoms with Gasteiger partial charge in [0.1, 0.15) is 12.3 Å². The Balaban J connectivity index is 2.22. The van der Waals surface area contributed by atoms with E-state index >= 15 is 0 Å². The van der Waals surface area contributed by atoms with Gasteiger partial charge >= 0.3 is 5.97 Å². The molecular weight excluding hydrogens is 354 g/mol. The average molecular weight is 372 g/mol. The number of ether oxygens (including phenoxy) is 1. The van der Waals surface area contributed by atoms with E-state index in [4.69, 9.17) is 16.3 Å². The molecule has 0 radical (unpaired) electrons. The molecule has 3 rings (SSSR count). The number of hydrogen-bond acceptors (Lipinski definition) is 3. The predicted molar refractivity (Wildman–Crippen MR) is 101 cm³/mol. The van der Waals surface area contributed by atoms with E-state index in [0.717, 1.165) is 5.56 Å². The molecule has 0 spiro atoms. The molecule has 0 amide bonds. The summed E-state index contributed by atoms with van der Waals surface area (Å²) in [4.78, 5) is 24.3. The number of halogens is 1. The van der Waals surface area contributed by atoms with Crippen LogP contribution in [0.5, 0.6) is 5.75 Å². The van der Waals surface area contributed by atoms with E-state index < -0.39 is 5.97 Å². The van der Waals surface area contributed by atoms with Crippen LogP contribution in [0.15, 0.2) is 53.5 Å². The van der Waals surface area contributed by atoms with Crippen LogP contribution >= 0.6 is 11.6 Å². The first kappa shape index (κ1) is 18.0. The molecule has 6 heteroatoms. The van der Waals surface area contributed by atoms with E-state index in [9.17, 15) is 14.7 Å². The van der Waals surface area contributed by atoms with Gasteiger partial charge in [-0.05, 0) is 30.7 Å². The lowest BCUT2D eigenvalue weighted by molar-refractivity contribution is -0.137. The summed E-state index contributed by atoms with van der Waals surface area (Å²) in [6, 6.07) is 12.4. The first-order valence-electron chi connectivity index (χ1n) is 8.24. The second kappa shape index (κ2) is 7.62. The van der Waals surface area contributed by atoms with Crippen LogP contribution in [0.1, 0.15) is 18.1 Å². The molecule has 1 N–H and O–H groups in total. The maximum atomic E-state index is 13.0. The van der Waals surface area contributed by atoms with E-state index in [1.807, 2.05) is 25.1 Å². The minimum absolute atomic E-state index is 0.150. The highest BCUT2D eigenvalue weighted by molar-refractivity contribution is 6.31. The Morgan fingerprint density at radius 1 is 1.15 bits per heavy atom. The number of benzene rings is 2. The van der Waals surface area contributed by atoms with Gasteiger partial charge in [-0.3, -0.25) is 9.59 Å². The molecule has 0 aliphatic carbocycles. The Bertz CT molecular complexity index is 1030. The smallest absolute Gasteiger partial charge is 0.323 e. The number of para-hydroxylation sites is 1. The fourth-order valence-electron chi connectivity index (χ4n) is 3.00. The quantitative estimate of drug-likeness (QED) is 0.716. The summed E-state index contributed by atoms with van der Waals surface area (Å²) >= 11 is 6.21. The second-order valence-electron chi connectivity index (χ2n) is 5.86. The van der Waals surface area contributed by atoms with Gasteiger partial charge in [0.2, 0.25) is 0 Å². The number of carbonyl (C=O) groups is 1. The summed E-state index contributed by atoms with van der Waals surface area (Å²) in [5.41, 5.74) is 1.64. The molecule has 2 aromatic carbocycles. The van der Waals surface area contributed by atoms with Crippen LogP contribution in [0.25, 0.3) is 10.9 Å². The molecule has 0 aliphatic heterocycles. The summed E-state index contributed by atoms with van der Waals surface area (Å²) in [5, 5.41) is 10.3. The van der Waals surface area contributed by atoms with E-state index in [1.165, 1.54) is 0 Å². The molecule has 0 unspecified atom stereocenters. The van der Waals surface area contributed by atoms with Gasteiger partial charge in [0.15, 0.2) is 5.43 Å². The average Bonchev–Trinajstić information content (AvgIpc) is 2.60. The zero-order chi connectivity index (χ0) is 18.7. The number of fused-ring (bicyclic) bond motifs is 1. The van der Waals surface area contributed by atoms with Crippen LogP contribution in [0.4, 0.5) is 0 Å². The van der Waals surface area contributed by atoms with Gasteiger partial charge in [-0.25, -0.2) is 0 Å². The zero-order valence-corrected chi connectivity index (χ0v) is 15.0. The lowest BCUT2D eigenvalue weighted by atomic mass is 10.0. The Hall–Kier alpha value is -2.79. The predicted octanol–water partition coefficient (Wildman–Crippen LogP) is 3.73. The number of carboxylic acid groups (broad SMARTS) is 1. The molecule has 3 aromatic rings. The van der Waals surface area contributed by atoms with Crippen LogP contribution in [0.2, 0.25) is 5.02 Å². The number of nitrogens with zero attached hydrogens (tertiary/aromatic N) is 1. The number of carboxylic acids is 1. The standard InChI is InChI=1S/C20H18ClNO4/c1-2-26-17-9-5-7-15-19(17)22(12-18(23)24)11-14(20(15)25)10-13-6-3-4-8-16(13)21/h3-9,11H,2,10,12H2,1H3,(H,23,24). The number of rotatable bonds is 6. The fourth-order valence-corrected chi connectivity index (χ4v) is 3.20. The third kappa shape index (κ3) is 3.58. The molecular formula is C20H18ClNO4. The van der Waals surface area contributed by atoms with E-state index in [2.05, 4.69) is 0 Å². The van der Waals surface area contributed by atoms with Crippen LogP contribution < -0.4 is 10.2 Å². The molecule has 1 aromatic heterocycles. The van der Waals surface area contributed by atoms with Gasteiger partial charge in [-0.15, -0.1) is 0 Å². The summed E-state index contributed by atoms with van der Waals surface area (Å²) < 4.78 is 7.15. The highest BCUT2D eigenvalue weighted by Crippen LogP contribution is 2.26. The molecule has 0 atom stereocenters. The van der Waals surface area contributed by atoms with Gasteiger partial charge in [-0.2, -0.15) is 0 Å². The number of pyridine rings is 1. The molecule has 0 aliphatic rings. The highest BCUT2D eigenvalue weighted by Gasteiger charge is 2.15. The maximum Gasteiger partial charge on any atom is 0.323 e. The topological polar surface area (TPSA) is 68.5 Å². The molecule has 0 fully saturated rings. The lowest BCUT2D eigenvalue weighted by Crippen LogP contribution is -2.19. The van der Waals surface area contributed by atoms with Crippen molar-refractivity contribution >= 4 is 28.5 Å². The van der Waals surface area contributed by atoms with Crippen LogP contribution in [0, 0.1) is 0 Å². The van der Waals surface area contributed by atoms with Crippen molar-refractivity contribution in [1.29, 1.82) is 0 Å². The summed E-state index contributed by atoms with van der Waals surface area (Å²) in [7, 11) is 0. The largest absolute Gasteiger partial charge is 0.492 e. The van der Waals surface area contributed by atoms with Crippen molar-refractivity contribution in [1.82, 2.24) is 4.57 Å². The van der Waals surface area contributed by atoms with Crippen molar-refractivity contribution in [2.24, 2.45) is 0 Å². The van der Waals surface area contributed by atoms with E-state index in [1.54, 1.807) is 35.0 Å². The molecule has 0 saturated carbocycles. The Morgan fingerprint density at radius 3 is 2.62 bits per heavy atom. The Labute approximate surface area is 155 Å². The molecule has 26 heavy (non-hydrogen) atoms. The second-order valence-corrected chi connectivity index (χ2v) is 6.27. The molecule has 0 bridgehead atoms. The molecule has 0 saturated heterocycles. The Morgan fingerprint density at radius 2 is 1.92 bits per heavy atom. The van der Waals surface area contributed by atoms with Gasteiger partial charge in [0, 0.05) is 28.6 Å². The number of aliphatic carboxylic acids is 1. The minimum atomic E-state index is -0.995. The van der Waals surface area contributed by atoms with Gasteiger partial charge in [0.25, 0.3) is 0 Å². The van der Waals surface area contributed by atoms with Crippen molar-refractivity contribution in [2.45, 2.75) is 19.9 Å². The summed E-state index contributed by atoms with van der Waals surface area (Å²) in [5.74, 6) is -0.502. The Kier molecular flexibility index (Phi) is 5.28. The monoisotopic (exact) mass is 371 g/mol. The maximum absolute atomic E-state index is 13.0. The third-order valence-corrected chi connectivity index (χ3v) is 4.45. The fraction of sp³-hybridized carbons (Fsp3) is 0.200. The van der Waals surface area contributed by atoms with Crippen LogP contribution in [-0.2, 0) is 17.8 Å². The van der Waals surface area contributed by atoms with Crippen molar-refractivity contribution < 1.29 is 14.6 Å². The molecule has 1 heterocycles. The first-order chi connectivity index (χ1) is 12.5. The molecule has 134 valence electrons. The summed E-state index contributed by atoms with van der Waals surface area (Å²) in [6.45, 7) is 1.99. The normalized spacial score (nSPS) is 10.8. The molecule has 5 nitrogen and oxygen atoms in total. The SMILES string of the molecule is CCOc1cccc2c(=O)c(Cc3ccccc3Cl)cn(CC(=O)O)c12. The van der Waals surface area contributed by atoms with Crippen molar-refractivity contribution in [2.75, 3.05) is 6.61 Å². The minimum Gasteiger partial charge on any atom is -0.492 e. The van der Waals surface area contributed by atoms with E-state index in [-0.39, 0.29) is 12.0 Å². The van der Waals surface area contributed by atoms with Gasteiger partial charge < -0.3 is 14.4 Å². The first-order valence-corrected chi connectivity index (χ1v) is 8.62. The zero-order valence-electron chi connectivity index (χ0n) is 14.2. The third-order valence-electron chi connectivity index (χ3n) is 4.08. The lowest BCUT2D eigenvalue weighted by Gasteiger charge is -2.15. The van der Waals surface area contributed by atoms with Gasteiger partial charge in [0.05, 0.1) is 12.1 Å². The number of aromatic nitrogens is 1. The van der Waals surface area contributed by atoms with Crippen molar-refractivity contribution in [3.63, 3.8) is 0 Å². The van der Waals surface area contributed by atoms with Gasteiger partial charge in [-0.1, -0.05) is 35.9 Å². The summed E-state index contributed by atoms with van der Waals surface area (Å²) in [6.07, 6.45) is 1.91. The van der Waals surface area contributed by atoms with Crippen molar-refractivity contribution in [3.05, 3.63) is 75.0 Å².